The monoisotopic (exact) mass is 210 g/mol. The Bertz CT molecular complexity index is 270. The first-order valence-corrected chi connectivity index (χ1v) is 5.46. The molecular formula is C11H18N2O2. The number of rotatable bonds is 3. The number of nitrogens with zero attached hydrogens (tertiary/aromatic N) is 2. The fourth-order valence-corrected chi connectivity index (χ4v) is 1.92. The molecule has 0 saturated carbocycles. The van der Waals surface area contributed by atoms with E-state index in [0.29, 0.717) is 19.5 Å². The summed E-state index contributed by atoms with van der Waals surface area (Å²) in [5.41, 5.74) is 0. The van der Waals surface area contributed by atoms with Gasteiger partial charge in [0.05, 0.1) is 12.2 Å². The molecule has 4 heteroatoms. The fourth-order valence-electron chi connectivity index (χ4n) is 1.92. The molecule has 1 rings (SSSR count). The summed E-state index contributed by atoms with van der Waals surface area (Å²) < 4.78 is 0. The van der Waals surface area contributed by atoms with Crippen molar-refractivity contribution in [2.45, 2.75) is 32.8 Å². The lowest BCUT2D eigenvalue weighted by Crippen LogP contribution is -2.34. The van der Waals surface area contributed by atoms with E-state index in [1.165, 1.54) is 0 Å². The molecule has 1 amide bonds. The third kappa shape index (κ3) is 2.69. The Labute approximate surface area is 90.5 Å². The zero-order valence-electron chi connectivity index (χ0n) is 9.31. The van der Waals surface area contributed by atoms with Crippen molar-refractivity contribution in [2.24, 2.45) is 11.8 Å². The summed E-state index contributed by atoms with van der Waals surface area (Å²) >= 11 is 0. The lowest BCUT2D eigenvalue weighted by Gasteiger charge is -2.19. The van der Waals surface area contributed by atoms with Crippen molar-refractivity contribution in [3.8, 4) is 6.07 Å². The number of aliphatic hydroxyl groups excluding tert-OH is 1. The summed E-state index contributed by atoms with van der Waals surface area (Å²) in [4.78, 5) is 13.5. The molecule has 0 bridgehead atoms. The van der Waals surface area contributed by atoms with Crippen LogP contribution in [0.1, 0.15) is 26.7 Å². The lowest BCUT2D eigenvalue weighted by molar-refractivity contribution is -0.133. The van der Waals surface area contributed by atoms with Crippen LogP contribution < -0.4 is 0 Å². The van der Waals surface area contributed by atoms with Crippen molar-refractivity contribution in [1.29, 1.82) is 5.26 Å². The lowest BCUT2D eigenvalue weighted by atomic mass is 10.0. The standard InChI is InChI=1S/C11H18N2O2/c1-3-9(6-12)11(15)13-5-4-10(7-13)8(2)14/h8-10,14H,3-5,7H2,1-2H3. The van der Waals surface area contributed by atoms with Crippen molar-refractivity contribution in [2.75, 3.05) is 13.1 Å². The number of aliphatic hydroxyl groups is 1. The van der Waals surface area contributed by atoms with Gasteiger partial charge in [0.1, 0.15) is 5.92 Å². The largest absolute Gasteiger partial charge is 0.393 e. The number of carbonyl (C=O) groups excluding carboxylic acids is 1. The van der Waals surface area contributed by atoms with Crippen LogP contribution in [0.3, 0.4) is 0 Å². The predicted molar refractivity (Wildman–Crippen MR) is 55.8 cm³/mol. The first kappa shape index (κ1) is 12.0. The highest BCUT2D eigenvalue weighted by molar-refractivity contribution is 5.81. The second-order valence-electron chi connectivity index (χ2n) is 4.16. The fraction of sp³-hybridized carbons (Fsp3) is 0.818. The van der Waals surface area contributed by atoms with Gasteiger partial charge in [-0.2, -0.15) is 5.26 Å². The molecule has 1 heterocycles. The molecule has 1 aliphatic rings. The Hall–Kier alpha value is -1.08. The molecule has 1 N–H and O–H groups in total. The van der Waals surface area contributed by atoms with Gasteiger partial charge in [0.25, 0.3) is 0 Å². The molecule has 84 valence electrons. The van der Waals surface area contributed by atoms with Gasteiger partial charge in [-0.1, -0.05) is 6.92 Å². The zero-order valence-corrected chi connectivity index (χ0v) is 9.31. The van der Waals surface area contributed by atoms with Gasteiger partial charge in [-0.05, 0) is 19.8 Å². The molecule has 1 fully saturated rings. The van der Waals surface area contributed by atoms with E-state index in [0.717, 1.165) is 6.42 Å². The molecule has 0 spiro atoms. The summed E-state index contributed by atoms with van der Waals surface area (Å²) in [5.74, 6) is -0.425. The maximum Gasteiger partial charge on any atom is 0.239 e. The van der Waals surface area contributed by atoms with Crippen LogP contribution in [0.25, 0.3) is 0 Å². The van der Waals surface area contributed by atoms with Crippen molar-refractivity contribution in [3.05, 3.63) is 0 Å². The molecule has 0 aromatic heterocycles. The van der Waals surface area contributed by atoms with Crippen LogP contribution in [0.2, 0.25) is 0 Å². The zero-order chi connectivity index (χ0) is 11.4. The highest BCUT2D eigenvalue weighted by Gasteiger charge is 2.31. The third-order valence-corrected chi connectivity index (χ3v) is 3.08. The Kier molecular flexibility index (Phi) is 4.10. The molecule has 0 aliphatic carbocycles. The van der Waals surface area contributed by atoms with E-state index in [1.807, 2.05) is 13.0 Å². The highest BCUT2D eigenvalue weighted by atomic mass is 16.3. The molecule has 1 saturated heterocycles. The number of hydrogen-bond donors (Lipinski definition) is 1. The summed E-state index contributed by atoms with van der Waals surface area (Å²) in [6.07, 6.45) is 1.03. The van der Waals surface area contributed by atoms with E-state index < -0.39 is 5.92 Å². The topological polar surface area (TPSA) is 64.3 Å². The Morgan fingerprint density at radius 1 is 1.73 bits per heavy atom. The van der Waals surface area contributed by atoms with Gasteiger partial charge in [0.2, 0.25) is 5.91 Å². The Morgan fingerprint density at radius 3 is 2.80 bits per heavy atom. The van der Waals surface area contributed by atoms with Crippen LogP contribution in [0.4, 0.5) is 0 Å². The minimum atomic E-state index is -0.516. The second-order valence-corrected chi connectivity index (χ2v) is 4.16. The van der Waals surface area contributed by atoms with E-state index in [1.54, 1.807) is 11.8 Å². The minimum absolute atomic E-state index is 0.0804. The summed E-state index contributed by atoms with van der Waals surface area (Å²) in [6.45, 7) is 4.86. The maximum absolute atomic E-state index is 11.8. The molecule has 1 aliphatic heterocycles. The third-order valence-electron chi connectivity index (χ3n) is 3.08. The number of nitriles is 1. The molecule has 0 aromatic rings. The maximum atomic E-state index is 11.8. The molecule has 4 nitrogen and oxygen atoms in total. The van der Waals surface area contributed by atoms with Crippen LogP contribution in [0, 0.1) is 23.2 Å². The summed E-state index contributed by atoms with van der Waals surface area (Å²) in [5, 5.41) is 18.2. The van der Waals surface area contributed by atoms with Crippen LogP contribution in [0.5, 0.6) is 0 Å². The van der Waals surface area contributed by atoms with Crippen LogP contribution in [-0.2, 0) is 4.79 Å². The van der Waals surface area contributed by atoms with Gasteiger partial charge in [0.15, 0.2) is 0 Å². The van der Waals surface area contributed by atoms with Gasteiger partial charge in [0, 0.05) is 19.0 Å². The summed E-state index contributed by atoms with van der Waals surface area (Å²) in [7, 11) is 0. The van der Waals surface area contributed by atoms with Crippen LogP contribution >= 0.6 is 0 Å². The predicted octanol–water partition coefficient (Wildman–Crippen LogP) is 0.765. The second kappa shape index (κ2) is 5.13. The highest BCUT2D eigenvalue weighted by Crippen LogP contribution is 2.21. The van der Waals surface area contributed by atoms with Crippen molar-refractivity contribution in [3.63, 3.8) is 0 Å². The first-order valence-electron chi connectivity index (χ1n) is 5.46. The SMILES string of the molecule is CCC(C#N)C(=O)N1CCC(C(C)O)C1. The quantitative estimate of drug-likeness (QED) is 0.748. The molecular weight excluding hydrogens is 192 g/mol. The smallest absolute Gasteiger partial charge is 0.239 e. The first-order chi connectivity index (χ1) is 7.10. The van der Waals surface area contributed by atoms with E-state index in [2.05, 4.69) is 0 Å². The molecule has 15 heavy (non-hydrogen) atoms. The number of hydrogen-bond acceptors (Lipinski definition) is 3. The van der Waals surface area contributed by atoms with E-state index >= 15 is 0 Å². The Morgan fingerprint density at radius 2 is 2.40 bits per heavy atom. The van der Waals surface area contributed by atoms with Gasteiger partial charge in [-0.15, -0.1) is 0 Å². The summed E-state index contributed by atoms with van der Waals surface area (Å²) in [6, 6.07) is 2.02. The number of amides is 1. The van der Waals surface area contributed by atoms with Crippen LogP contribution in [-0.4, -0.2) is 35.1 Å². The van der Waals surface area contributed by atoms with Crippen LogP contribution in [0.15, 0.2) is 0 Å². The van der Waals surface area contributed by atoms with E-state index in [-0.39, 0.29) is 17.9 Å². The molecule has 3 unspecified atom stereocenters. The van der Waals surface area contributed by atoms with E-state index in [4.69, 9.17) is 5.26 Å². The molecule has 0 radical (unpaired) electrons. The molecule has 3 atom stereocenters. The van der Waals surface area contributed by atoms with Gasteiger partial charge in [-0.3, -0.25) is 4.79 Å². The van der Waals surface area contributed by atoms with Crippen molar-refractivity contribution < 1.29 is 9.90 Å². The minimum Gasteiger partial charge on any atom is -0.393 e. The number of likely N-dealkylation sites (tertiary alicyclic amines) is 1. The van der Waals surface area contributed by atoms with Crippen molar-refractivity contribution in [1.82, 2.24) is 4.90 Å². The number of carbonyl (C=O) groups is 1. The average Bonchev–Trinajstić information content (AvgIpc) is 2.68. The van der Waals surface area contributed by atoms with Gasteiger partial charge < -0.3 is 10.0 Å². The normalized spacial score (nSPS) is 24.7. The average molecular weight is 210 g/mol. The van der Waals surface area contributed by atoms with Gasteiger partial charge in [-0.25, -0.2) is 0 Å². The molecule has 0 aromatic carbocycles. The van der Waals surface area contributed by atoms with E-state index in [9.17, 15) is 9.90 Å². The van der Waals surface area contributed by atoms with Gasteiger partial charge >= 0.3 is 0 Å². The Balaban J connectivity index is 2.54. The van der Waals surface area contributed by atoms with Crippen molar-refractivity contribution >= 4 is 5.91 Å².